The fraction of sp³-hybridized carbons (Fsp3) is 0.538. The van der Waals surface area contributed by atoms with Gasteiger partial charge in [-0.2, -0.15) is 0 Å². The highest BCUT2D eigenvalue weighted by atomic mass is 32.2. The van der Waals surface area contributed by atoms with Crippen molar-refractivity contribution in [1.29, 1.82) is 0 Å². The van der Waals surface area contributed by atoms with Crippen molar-refractivity contribution in [1.82, 2.24) is 0 Å². The Hall–Kier alpha value is -0.940. The van der Waals surface area contributed by atoms with Crippen LogP contribution in [0.15, 0.2) is 11.0 Å². The number of hydrogen-bond acceptors (Lipinski definition) is 4. The molecule has 0 unspecified atom stereocenters. The maximum Gasteiger partial charge on any atom is 0.177 e. The Labute approximate surface area is 111 Å². The van der Waals surface area contributed by atoms with E-state index >= 15 is 0 Å². The van der Waals surface area contributed by atoms with Crippen molar-refractivity contribution in [3.05, 3.63) is 17.4 Å². The summed E-state index contributed by atoms with van der Waals surface area (Å²) in [4.78, 5) is 0.472. The third-order valence-electron chi connectivity index (χ3n) is 3.27. The van der Waals surface area contributed by atoms with Crippen molar-refractivity contribution in [3.63, 3.8) is 0 Å². The summed E-state index contributed by atoms with van der Waals surface area (Å²) in [6.07, 6.45) is 4.39. The van der Waals surface area contributed by atoms with E-state index in [2.05, 4.69) is 0 Å². The molecular formula is C13H18FNO2S. The standard InChI is InChI=1S/C13H18FNO2S/c1-16-10-8(7-13(15)4-5-13)6-9(14)12(18-3)11(10)17-2/h6H,4-5,7,15H2,1-3H3. The van der Waals surface area contributed by atoms with E-state index in [9.17, 15) is 4.39 Å². The highest BCUT2D eigenvalue weighted by Gasteiger charge is 2.39. The van der Waals surface area contributed by atoms with Gasteiger partial charge >= 0.3 is 0 Å². The van der Waals surface area contributed by atoms with E-state index in [1.165, 1.54) is 24.9 Å². The first kappa shape index (κ1) is 13.5. The number of thioether (sulfide) groups is 1. The zero-order chi connectivity index (χ0) is 13.3. The maximum atomic E-state index is 14.0. The predicted octanol–water partition coefficient (Wildman–Crippen LogP) is 2.60. The average Bonchev–Trinajstić information content (AvgIpc) is 3.06. The first-order chi connectivity index (χ1) is 8.54. The number of ether oxygens (including phenoxy) is 2. The van der Waals surface area contributed by atoms with Crippen LogP contribution < -0.4 is 15.2 Å². The Balaban J connectivity index is 2.48. The van der Waals surface area contributed by atoms with Gasteiger partial charge in [0.2, 0.25) is 0 Å². The van der Waals surface area contributed by atoms with E-state index in [-0.39, 0.29) is 11.4 Å². The van der Waals surface area contributed by atoms with Gasteiger partial charge in [-0.3, -0.25) is 0 Å². The van der Waals surface area contributed by atoms with Crippen LogP contribution in [0.1, 0.15) is 18.4 Å². The van der Waals surface area contributed by atoms with Crippen LogP contribution in [0.3, 0.4) is 0 Å². The largest absolute Gasteiger partial charge is 0.493 e. The van der Waals surface area contributed by atoms with Crippen LogP contribution in [-0.2, 0) is 6.42 Å². The second-order valence-electron chi connectivity index (χ2n) is 4.66. The second kappa shape index (κ2) is 4.97. The van der Waals surface area contributed by atoms with Gasteiger partial charge < -0.3 is 15.2 Å². The van der Waals surface area contributed by atoms with Gasteiger partial charge in [0.25, 0.3) is 0 Å². The highest BCUT2D eigenvalue weighted by Crippen LogP contribution is 2.45. The molecule has 100 valence electrons. The smallest absolute Gasteiger partial charge is 0.177 e. The molecule has 0 spiro atoms. The van der Waals surface area contributed by atoms with Crippen molar-refractivity contribution < 1.29 is 13.9 Å². The molecule has 0 radical (unpaired) electrons. The molecule has 2 N–H and O–H groups in total. The van der Waals surface area contributed by atoms with Gasteiger partial charge in [0.15, 0.2) is 11.5 Å². The molecule has 0 saturated heterocycles. The lowest BCUT2D eigenvalue weighted by Gasteiger charge is -2.18. The van der Waals surface area contributed by atoms with E-state index in [0.717, 1.165) is 18.4 Å². The van der Waals surface area contributed by atoms with Gasteiger partial charge in [0.1, 0.15) is 5.82 Å². The van der Waals surface area contributed by atoms with Crippen molar-refractivity contribution in [2.45, 2.75) is 29.7 Å². The lowest BCUT2D eigenvalue weighted by Crippen LogP contribution is -2.25. The minimum atomic E-state index is -0.278. The Morgan fingerprint density at radius 1 is 1.33 bits per heavy atom. The summed E-state index contributed by atoms with van der Waals surface area (Å²) in [5.41, 5.74) is 6.68. The van der Waals surface area contributed by atoms with Crippen molar-refractivity contribution >= 4 is 11.8 Å². The predicted molar refractivity (Wildman–Crippen MR) is 71.1 cm³/mol. The first-order valence-electron chi connectivity index (χ1n) is 5.81. The molecule has 0 aliphatic heterocycles. The molecule has 0 atom stereocenters. The quantitative estimate of drug-likeness (QED) is 0.836. The monoisotopic (exact) mass is 271 g/mol. The fourth-order valence-corrected chi connectivity index (χ4v) is 2.70. The Bertz CT molecular complexity index is 461. The zero-order valence-corrected chi connectivity index (χ0v) is 11.7. The molecule has 1 fully saturated rings. The number of methoxy groups -OCH3 is 2. The highest BCUT2D eigenvalue weighted by molar-refractivity contribution is 7.98. The molecule has 3 nitrogen and oxygen atoms in total. The fourth-order valence-electron chi connectivity index (χ4n) is 2.09. The van der Waals surface area contributed by atoms with Gasteiger partial charge in [0.05, 0.1) is 19.1 Å². The van der Waals surface area contributed by atoms with E-state index in [0.29, 0.717) is 22.8 Å². The Morgan fingerprint density at radius 3 is 2.39 bits per heavy atom. The topological polar surface area (TPSA) is 44.5 Å². The zero-order valence-electron chi connectivity index (χ0n) is 10.9. The summed E-state index contributed by atoms with van der Waals surface area (Å²) in [5.74, 6) is 0.781. The average molecular weight is 271 g/mol. The third kappa shape index (κ3) is 2.42. The normalized spacial score (nSPS) is 16.5. The van der Waals surface area contributed by atoms with Crippen LogP contribution >= 0.6 is 11.8 Å². The molecule has 1 saturated carbocycles. The van der Waals surface area contributed by atoms with Crippen LogP contribution in [0, 0.1) is 5.82 Å². The van der Waals surface area contributed by atoms with Crippen molar-refractivity contribution in [3.8, 4) is 11.5 Å². The summed E-state index contributed by atoms with van der Waals surface area (Å²) in [6, 6.07) is 1.51. The van der Waals surface area contributed by atoms with Crippen LogP contribution in [0.5, 0.6) is 11.5 Å². The van der Waals surface area contributed by atoms with Gasteiger partial charge in [-0.25, -0.2) is 4.39 Å². The molecule has 18 heavy (non-hydrogen) atoms. The van der Waals surface area contributed by atoms with E-state index < -0.39 is 0 Å². The number of nitrogens with two attached hydrogens (primary N) is 1. The lowest BCUT2D eigenvalue weighted by molar-refractivity contribution is 0.338. The number of benzene rings is 1. The maximum absolute atomic E-state index is 14.0. The summed E-state index contributed by atoms with van der Waals surface area (Å²) in [6.45, 7) is 0. The molecule has 5 heteroatoms. The third-order valence-corrected chi connectivity index (χ3v) is 4.06. The summed E-state index contributed by atoms with van der Waals surface area (Å²) < 4.78 is 24.7. The van der Waals surface area contributed by atoms with Crippen LogP contribution in [0.4, 0.5) is 4.39 Å². The lowest BCUT2D eigenvalue weighted by atomic mass is 10.0. The first-order valence-corrected chi connectivity index (χ1v) is 7.03. The SMILES string of the molecule is COc1c(CC2(N)CC2)cc(F)c(SC)c1OC. The van der Waals surface area contributed by atoms with Crippen LogP contribution in [-0.4, -0.2) is 26.0 Å². The number of hydrogen-bond donors (Lipinski definition) is 1. The van der Waals surface area contributed by atoms with E-state index in [1.807, 2.05) is 6.26 Å². The minimum Gasteiger partial charge on any atom is -0.493 e. The molecule has 0 bridgehead atoms. The van der Waals surface area contributed by atoms with Gasteiger partial charge in [-0.05, 0) is 31.6 Å². The minimum absolute atomic E-state index is 0.189. The van der Waals surface area contributed by atoms with Crippen LogP contribution in [0.25, 0.3) is 0 Å². The Morgan fingerprint density at radius 2 is 1.94 bits per heavy atom. The van der Waals surface area contributed by atoms with Crippen molar-refractivity contribution in [2.24, 2.45) is 5.73 Å². The molecule has 1 aromatic rings. The van der Waals surface area contributed by atoms with E-state index in [1.54, 1.807) is 7.11 Å². The van der Waals surface area contributed by atoms with Gasteiger partial charge in [-0.15, -0.1) is 11.8 Å². The molecule has 1 aliphatic carbocycles. The number of rotatable bonds is 5. The van der Waals surface area contributed by atoms with E-state index in [4.69, 9.17) is 15.2 Å². The molecule has 0 aromatic heterocycles. The summed E-state index contributed by atoms with van der Waals surface area (Å²) in [5, 5.41) is 0. The molecule has 0 heterocycles. The molecule has 1 aromatic carbocycles. The molecule has 2 rings (SSSR count). The Kier molecular flexibility index (Phi) is 3.73. The summed E-state index contributed by atoms with van der Waals surface area (Å²) >= 11 is 1.31. The molecule has 0 amide bonds. The molecule has 1 aliphatic rings. The molecular weight excluding hydrogens is 253 g/mol. The van der Waals surface area contributed by atoms with Gasteiger partial charge in [0, 0.05) is 11.1 Å². The second-order valence-corrected chi connectivity index (χ2v) is 5.47. The summed E-state index contributed by atoms with van der Waals surface area (Å²) in [7, 11) is 3.09. The number of halogens is 1. The van der Waals surface area contributed by atoms with Gasteiger partial charge in [-0.1, -0.05) is 0 Å². The van der Waals surface area contributed by atoms with Crippen molar-refractivity contribution in [2.75, 3.05) is 20.5 Å². The van der Waals surface area contributed by atoms with Crippen LogP contribution in [0.2, 0.25) is 0 Å².